The molecule has 0 aliphatic heterocycles. The van der Waals surface area contributed by atoms with Crippen molar-refractivity contribution in [2.75, 3.05) is 0 Å². The Bertz CT molecular complexity index is 451. The van der Waals surface area contributed by atoms with Gasteiger partial charge in [0, 0.05) is 22.0 Å². The van der Waals surface area contributed by atoms with Crippen molar-refractivity contribution in [2.24, 2.45) is 0 Å². The minimum absolute atomic E-state index is 0.160. The van der Waals surface area contributed by atoms with Gasteiger partial charge in [-0.25, -0.2) is 4.79 Å². The molecule has 0 saturated heterocycles. The third-order valence-electron chi connectivity index (χ3n) is 1.89. The smallest absolute Gasteiger partial charge is 0.407 e. The number of aliphatic carboxylic acids is 1. The Balaban J connectivity index is 3.05. The van der Waals surface area contributed by atoms with Gasteiger partial charge >= 0.3 is 11.8 Å². The van der Waals surface area contributed by atoms with Crippen LogP contribution in [0.3, 0.4) is 0 Å². The number of nitrogens with zero attached hydrogens (tertiary/aromatic N) is 2. The molecule has 1 aromatic rings. The second kappa shape index (κ2) is 5.58. The maximum absolute atomic E-state index is 10.8. The summed E-state index contributed by atoms with van der Waals surface area (Å²) >= 11 is 2.99. The summed E-state index contributed by atoms with van der Waals surface area (Å²) in [6.07, 6.45) is -0.931. The van der Waals surface area contributed by atoms with Crippen LogP contribution < -0.4 is 4.74 Å². The van der Waals surface area contributed by atoms with Gasteiger partial charge < -0.3 is 20.0 Å². The monoisotopic (exact) mass is 304 g/mol. The van der Waals surface area contributed by atoms with E-state index in [-0.39, 0.29) is 16.8 Å². The molecule has 0 aromatic carbocycles. The summed E-state index contributed by atoms with van der Waals surface area (Å²) < 4.78 is 5.33. The minimum atomic E-state index is -1.18. The first-order chi connectivity index (χ1) is 7.95. The van der Waals surface area contributed by atoms with Crippen LogP contribution in [0.4, 0.5) is 5.82 Å². The van der Waals surface area contributed by atoms with Crippen molar-refractivity contribution in [3.63, 3.8) is 0 Å². The summed E-state index contributed by atoms with van der Waals surface area (Å²) in [5.74, 6) is -1.85. The van der Waals surface area contributed by atoms with Crippen LogP contribution in [-0.4, -0.2) is 27.1 Å². The molecule has 0 radical (unpaired) electrons. The van der Waals surface area contributed by atoms with Crippen molar-refractivity contribution in [2.45, 2.75) is 19.4 Å². The molecule has 0 bridgehead atoms. The lowest BCUT2D eigenvalue weighted by Gasteiger charge is -2.12. The van der Waals surface area contributed by atoms with Crippen molar-refractivity contribution < 1.29 is 19.6 Å². The van der Waals surface area contributed by atoms with Gasteiger partial charge in [0.15, 0.2) is 6.10 Å². The van der Waals surface area contributed by atoms with Gasteiger partial charge in [0.2, 0.25) is 10.4 Å². The van der Waals surface area contributed by atoms with Crippen molar-refractivity contribution in [3.05, 3.63) is 26.9 Å². The summed E-state index contributed by atoms with van der Waals surface area (Å²) in [5, 5.41) is 19.5. The average Bonchev–Trinajstić information content (AvgIpc) is 2.26. The molecule has 7 nitrogen and oxygen atoms in total. The summed E-state index contributed by atoms with van der Waals surface area (Å²) in [6.45, 7) is 1.61. The Kier molecular flexibility index (Phi) is 4.38. The molecular weight excluding hydrogens is 296 g/mol. The topological polar surface area (TPSA) is 103 Å². The number of hydrogen-bond donors (Lipinski definition) is 1. The van der Waals surface area contributed by atoms with E-state index in [1.165, 1.54) is 12.1 Å². The molecule has 1 rings (SSSR count). The van der Waals surface area contributed by atoms with Gasteiger partial charge in [0.25, 0.3) is 0 Å². The van der Waals surface area contributed by atoms with Gasteiger partial charge in [-0.15, -0.1) is 0 Å². The second-order valence-electron chi connectivity index (χ2n) is 3.07. The molecule has 1 unspecified atom stereocenters. The number of carbonyl (C=O) groups is 1. The number of nitro groups is 1. The normalized spacial score (nSPS) is 11.9. The van der Waals surface area contributed by atoms with Crippen LogP contribution in [0.15, 0.2) is 16.7 Å². The van der Waals surface area contributed by atoms with Crippen LogP contribution in [0.25, 0.3) is 0 Å². The molecule has 17 heavy (non-hydrogen) atoms. The number of aromatic nitrogens is 1. The molecule has 1 aromatic heterocycles. The van der Waals surface area contributed by atoms with Crippen LogP contribution >= 0.6 is 15.9 Å². The van der Waals surface area contributed by atoms with Crippen LogP contribution in [0.5, 0.6) is 5.75 Å². The zero-order valence-corrected chi connectivity index (χ0v) is 10.4. The molecule has 92 valence electrons. The molecule has 1 atom stereocenters. The number of ether oxygens (including phenoxy) is 1. The van der Waals surface area contributed by atoms with Crippen molar-refractivity contribution >= 4 is 27.7 Å². The molecule has 0 amide bonds. The molecule has 0 fully saturated rings. The zero-order valence-electron chi connectivity index (χ0n) is 8.79. The predicted molar refractivity (Wildman–Crippen MR) is 60.9 cm³/mol. The molecule has 0 saturated carbocycles. The molecule has 1 heterocycles. The number of hydrogen-bond acceptors (Lipinski definition) is 5. The Hall–Kier alpha value is -1.70. The molecular formula is C9H9BrN2O5. The third kappa shape index (κ3) is 3.38. The van der Waals surface area contributed by atoms with Gasteiger partial charge in [-0.3, -0.25) is 0 Å². The SMILES string of the molecule is CCC(Oc1ccc(Br)nc1[N+](=O)[O-])C(=O)O. The number of carboxylic acid groups (broad SMARTS) is 1. The van der Waals surface area contributed by atoms with Gasteiger partial charge in [-0.1, -0.05) is 6.92 Å². The average molecular weight is 305 g/mol. The molecule has 0 spiro atoms. The largest absolute Gasteiger partial charge is 0.479 e. The highest BCUT2D eigenvalue weighted by atomic mass is 79.9. The maximum Gasteiger partial charge on any atom is 0.407 e. The van der Waals surface area contributed by atoms with E-state index >= 15 is 0 Å². The number of carboxylic acids is 1. The Morgan fingerprint density at radius 1 is 1.71 bits per heavy atom. The number of rotatable bonds is 5. The lowest BCUT2D eigenvalue weighted by molar-refractivity contribution is -0.390. The van der Waals surface area contributed by atoms with Gasteiger partial charge in [0.05, 0.1) is 0 Å². The van der Waals surface area contributed by atoms with Crippen LogP contribution in [0.2, 0.25) is 0 Å². The predicted octanol–water partition coefficient (Wildman–Crippen LogP) is 1.99. The third-order valence-corrected chi connectivity index (χ3v) is 2.34. The van der Waals surface area contributed by atoms with E-state index in [0.717, 1.165) is 0 Å². The minimum Gasteiger partial charge on any atom is -0.479 e. The highest BCUT2D eigenvalue weighted by molar-refractivity contribution is 9.10. The molecule has 8 heteroatoms. The van der Waals surface area contributed by atoms with Gasteiger partial charge in [0.1, 0.15) is 0 Å². The van der Waals surface area contributed by atoms with E-state index in [0.29, 0.717) is 0 Å². The standard InChI is InChI=1S/C9H9BrN2O5/c1-2-5(9(13)14)17-6-3-4-7(10)11-8(6)12(15)16/h3-5H,2H2,1H3,(H,13,14). The Labute approximate surface area is 105 Å². The van der Waals surface area contributed by atoms with E-state index in [2.05, 4.69) is 20.9 Å². The lowest BCUT2D eigenvalue weighted by Crippen LogP contribution is -2.26. The van der Waals surface area contributed by atoms with Crippen LogP contribution in [0.1, 0.15) is 13.3 Å². The first-order valence-electron chi connectivity index (χ1n) is 4.66. The van der Waals surface area contributed by atoms with Gasteiger partial charge in [-0.05, 0) is 22.4 Å². The van der Waals surface area contributed by atoms with Crippen LogP contribution in [-0.2, 0) is 4.79 Å². The van der Waals surface area contributed by atoms with Crippen molar-refractivity contribution in [1.29, 1.82) is 0 Å². The highest BCUT2D eigenvalue weighted by Crippen LogP contribution is 2.27. The summed E-state index contributed by atoms with van der Waals surface area (Å²) in [5.41, 5.74) is 0. The summed E-state index contributed by atoms with van der Waals surface area (Å²) in [7, 11) is 0. The highest BCUT2D eigenvalue weighted by Gasteiger charge is 2.24. The van der Waals surface area contributed by atoms with Crippen molar-refractivity contribution in [3.8, 4) is 5.75 Å². The number of pyridine rings is 1. The molecule has 1 N–H and O–H groups in total. The Morgan fingerprint density at radius 3 is 2.82 bits per heavy atom. The maximum atomic E-state index is 10.8. The first-order valence-corrected chi connectivity index (χ1v) is 5.45. The zero-order chi connectivity index (χ0) is 13.0. The quantitative estimate of drug-likeness (QED) is 0.507. The second-order valence-corrected chi connectivity index (χ2v) is 3.88. The molecule has 0 aliphatic carbocycles. The van der Waals surface area contributed by atoms with E-state index in [9.17, 15) is 14.9 Å². The molecule has 0 aliphatic rings. The van der Waals surface area contributed by atoms with E-state index in [1.807, 2.05) is 0 Å². The fraction of sp³-hybridized carbons (Fsp3) is 0.333. The van der Waals surface area contributed by atoms with E-state index < -0.39 is 22.8 Å². The van der Waals surface area contributed by atoms with Gasteiger partial charge in [-0.2, -0.15) is 0 Å². The first kappa shape index (κ1) is 13.4. The van der Waals surface area contributed by atoms with E-state index in [1.54, 1.807) is 6.92 Å². The fourth-order valence-electron chi connectivity index (χ4n) is 1.10. The summed E-state index contributed by atoms with van der Waals surface area (Å²) in [4.78, 5) is 24.4. The summed E-state index contributed by atoms with van der Waals surface area (Å²) in [6, 6.07) is 2.75. The Morgan fingerprint density at radius 2 is 2.35 bits per heavy atom. The lowest BCUT2D eigenvalue weighted by atomic mass is 10.3. The fourth-order valence-corrected chi connectivity index (χ4v) is 1.40. The number of halogens is 1. The van der Waals surface area contributed by atoms with E-state index in [4.69, 9.17) is 9.84 Å². The van der Waals surface area contributed by atoms with Crippen LogP contribution in [0, 0.1) is 10.1 Å². The van der Waals surface area contributed by atoms with Crippen molar-refractivity contribution in [1.82, 2.24) is 4.98 Å².